The predicted octanol–water partition coefficient (Wildman–Crippen LogP) is 2.47. The van der Waals surface area contributed by atoms with E-state index in [0.29, 0.717) is 6.04 Å². The van der Waals surface area contributed by atoms with E-state index in [9.17, 15) is 0 Å². The van der Waals surface area contributed by atoms with E-state index in [4.69, 9.17) is 0 Å². The van der Waals surface area contributed by atoms with Gasteiger partial charge in [-0.15, -0.1) is 0 Å². The van der Waals surface area contributed by atoms with Crippen LogP contribution in [0.3, 0.4) is 0 Å². The summed E-state index contributed by atoms with van der Waals surface area (Å²) in [5.41, 5.74) is 4.33. The van der Waals surface area contributed by atoms with Gasteiger partial charge in [-0.25, -0.2) is 0 Å². The Balaban J connectivity index is 1.64. The minimum atomic E-state index is 0.658. The van der Waals surface area contributed by atoms with Crippen LogP contribution in [0.5, 0.6) is 0 Å². The zero-order valence-corrected chi connectivity index (χ0v) is 12.8. The number of nitrogens with zero attached hydrogens (tertiary/aromatic N) is 1. The van der Waals surface area contributed by atoms with Crippen LogP contribution < -0.4 is 10.6 Å². The highest BCUT2D eigenvalue weighted by Crippen LogP contribution is 2.26. The molecule has 0 saturated carbocycles. The normalized spacial score (nSPS) is 26.9. The summed E-state index contributed by atoms with van der Waals surface area (Å²) in [4.78, 5) is 2.44. The average Bonchev–Trinajstić information content (AvgIpc) is 2.46. The van der Waals surface area contributed by atoms with Crippen molar-refractivity contribution in [1.82, 2.24) is 10.2 Å². The van der Waals surface area contributed by atoms with Crippen molar-refractivity contribution < 1.29 is 0 Å². The van der Waals surface area contributed by atoms with Gasteiger partial charge in [0, 0.05) is 31.4 Å². The van der Waals surface area contributed by atoms with E-state index in [1.807, 2.05) is 0 Å². The molecule has 1 saturated heterocycles. The van der Waals surface area contributed by atoms with E-state index in [2.05, 4.69) is 47.7 Å². The van der Waals surface area contributed by atoms with Crippen molar-refractivity contribution in [3.8, 4) is 0 Å². The molecule has 1 fully saturated rings. The topological polar surface area (TPSA) is 27.3 Å². The molecule has 110 valence electrons. The van der Waals surface area contributed by atoms with Gasteiger partial charge in [0.2, 0.25) is 0 Å². The summed E-state index contributed by atoms with van der Waals surface area (Å²) in [6.45, 7) is 6.91. The van der Waals surface area contributed by atoms with Crippen molar-refractivity contribution in [2.45, 2.75) is 38.8 Å². The monoisotopic (exact) mass is 273 g/mol. The van der Waals surface area contributed by atoms with Crippen LogP contribution in [-0.4, -0.2) is 37.6 Å². The number of anilines is 1. The van der Waals surface area contributed by atoms with Gasteiger partial charge in [-0.2, -0.15) is 0 Å². The number of likely N-dealkylation sites (tertiary alicyclic amines) is 1. The molecule has 2 unspecified atom stereocenters. The molecule has 2 aliphatic heterocycles. The fourth-order valence-corrected chi connectivity index (χ4v) is 3.63. The van der Waals surface area contributed by atoms with Gasteiger partial charge in [0.05, 0.1) is 0 Å². The number of aryl methyl sites for hydroxylation is 1. The summed E-state index contributed by atoms with van der Waals surface area (Å²) in [6, 6.07) is 7.40. The second-order valence-corrected chi connectivity index (χ2v) is 6.50. The van der Waals surface area contributed by atoms with Crippen LogP contribution in [0.4, 0.5) is 5.69 Å². The molecule has 0 aliphatic carbocycles. The van der Waals surface area contributed by atoms with Crippen molar-refractivity contribution >= 4 is 5.69 Å². The van der Waals surface area contributed by atoms with Gasteiger partial charge in [0.25, 0.3) is 0 Å². The third kappa shape index (κ3) is 2.99. The van der Waals surface area contributed by atoms with Crippen molar-refractivity contribution in [3.63, 3.8) is 0 Å². The second kappa shape index (κ2) is 6.15. The van der Waals surface area contributed by atoms with Gasteiger partial charge >= 0.3 is 0 Å². The lowest BCUT2D eigenvalue weighted by Crippen LogP contribution is -2.46. The zero-order valence-electron chi connectivity index (χ0n) is 12.8. The Bertz CT molecular complexity index is 458. The Morgan fingerprint density at radius 2 is 2.30 bits per heavy atom. The van der Waals surface area contributed by atoms with Crippen LogP contribution in [0.25, 0.3) is 0 Å². The highest BCUT2D eigenvalue weighted by atomic mass is 15.1. The molecule has 2 heterocycles. The van der Waals surface area contributed by atoms with Gasteiger partial charge in [-0.1, -0.05) is 25.1 Å². The number of piperidine rings is 1. The highest BCUT2D eigenvalue weighted by Gasteiger charge is 2.24. The molecular weight excluding hydrogens is 246 g/mol. The first kappa shape index (κ1) is 13.9. The molecule has 2 N–H and O–H groups in total. The van der Waals surface area contributed by atoms with Crippen LogP contribution >= 0.6 is 0 Å². The quantitative estimate of drug-likeness (QED) is 0.886. The number of fused-ring (bicyclic) bond motifs is 1. The minimum absolute atomic E-state index is 0.658. The van der Waals surface area contributed by atoms with E-state index in [0.717, 1.165) is 19.0 Å². The van der Waals surface area contributed by atoms with E-state index in [1.54, 1.807) is 0 Å². The third-order valence-corrected chi connectivity index (χ3v) is 4.82. The largest absolute Gasteiger partial charge is 0.385 e. The van der Waals surface area contributed by atoms with Gasteiger partial charge in [0.15, 0.2) is 0 Å². The number of hydrogen-bond donors (Lipinski definition) is 2. The average molecular weight is 273 g/mol. The lowest BCUT2D eigenvalue weighted by Gasteiger charge is -2.35. The van der Waals surface area contributed by atoms with Crippen LogP contribution in [-0.2, 0) is 13.0 Å². The molecule has 0 spiro atoms. The molecule has 3 heteroatoms. The van der Waals surface area contributed by atoms with E-state index >= 15 is 0 Å². The Kier molecular flexibility index (Phi) is 4.27. The Morgan fingerprint density at radius 1 is 1.40 bits per heavy atom. The summed E-state index contributed by atoms with van der Waals surface area (Å²) < 4.78 is 0. The first-order valence-electron chi connectivity index (χ1n) is 8.00. The standard InChI is InChI=1S/C17H27N3/c1-13-12-20(2)10-8-16(13)19-11-15-6-3-5-14-7-4-9-18-17(14)15/h3,5-6,13,16,18-19H,4,7-12H2,1-2H3. The molecule has 0 amide bonds. The number of nitrogens with one attached hydrogen (secondary N) is 2. The molecule has 3 nitrogen and oxygen atoms in total. The predicted molar refractivity (Wildman–Crippen MR) is 85.2 cm³/mol. The maximum absolute atomic E-state index is 3.79. The fourth-order valence-electron chi connectivity index (χ4n) is 3.63. The molecule has 1 aromatic rings. The molecule has 0 aromatic heterocycles. The Labute approximate surface area is 122 Å². The van der Waals surface area contributed by atoms with Crippen molar-refractivity contribution in [2.24, 2.45) is 5.92 Å². The summed E-state index contributed by atoms with van der Waals surface area (Å²) in [5.74, 6) is 0.737. The van der Waals surface area contributed by atoms with E-state index in [1.165, 1.54) is 49.2 Å². The molecule has 3 rings (SSSR count). The smallest absolute Gasteiger partial charge is 0.0418 e. The Hall–Kier alpha value is -1.06. The maximum atomic E-state index is 3.79. The highest BCUT2D eigenvalue weighted by molar-refractivity contribution is 5.59. The van der Waals surface area contributed by atoms with Gasteiger partial charge in [-0.05, 0) is 49.9 Å². The summed E-state index contributed by atoms with van der Waals surface area (Å²) >= 11 is 0. The van der Waals surface area contributed by atoms with Crippen molar-refractivity contribution in [3.05, 3.63) is 29.3 Å². The first-order chi connectivity index (χ1) is 9.74. The molecule has 1 aromatic carbocycles. The van der Waals surface area contributed by atoms with Crippen molar-refractivity contribution in [2.75, 3.05) is 32.0 Å². The zero-order chi connectivity index (χ0) is 13.9. The lowest BCUT2D eigenvalue weighted by atomic mass is 9.93. The molecule has 0 radical (unpaired) electrons. The fraction of sp³-hybridized carbons (Fsp3) is 0.647. The summed E-state index contributed by atoms with van der Waals surface area (Å²) in [5, 5.41) is 7.38. The maximum Gasteiger partial charge on any atom is 0.0418 e. The van der Waals surface area contributed by atoms with Crippen LogP contribution in [0.2, 0.25) is 0 Å². The van der Waals surface area contributed by atoms with Gasteiger partial charge in [-0.3, -0.25) is 0 Å². The SMILES string of the molecule is CC1CN(C)CCC1NCc1cccc2c1NCCC2. The molecule has 0 bridgehead atoms. The molecule has 2 atom stereocenters. The van der Waals surface area contributed by atoms with Gasteiger partial charge < -0.3 is 15.5 Å². The second-order valence-electron chi connectivity index (χ2n) is 6.50. The van der Waals surface area contributed by atoms with E-state index in [-0.39, 0.29) is 0 Å². The number of para-hydroxylation sites is 1. The number of rotatable bonds is 3. The first-order valence-corrected chi connectivity index (χ1v) is 8.00. The number of benzene rings is 1. The molecular formula is C17H27N3. The van der Waals surface area contributed by atoms with E-state index < -0.39 is 0 Å². The molecule has 2 aliphatic rings. The number of hydrogen-bond acceptors (Lipinski definition) is 3. The summed E-state index contributed by atoms with van der Waals surface area (Å²) in [7, 11) is 2.23. The lowest BCUT2D eigenvalue weighted by molar-refractivity contribution is 0.174. The minimum Gasteiger partial charge on any atom is -0.385 e. The third-order valence-electron chi connectivity index (χ3n) is 4.82. The van der Waals surface area contributed by atoms with Crippen LogP contribution in [0.1, 0.15) is 30.9 Å². The summed E-state index contributed by atoms with van der Waals surface area (Å²) in [6.07, 6.45) is 3.75. The molecule has 20 heavy (non-hydrogen) atoms. The van der Waals surface area contributed by atoms with Gasteiger partial charge in [0.1, 0.15) is 0 Å². The van der Waals surface area contributed by atoms with Crippen LogP contribution in [0, 0.1) is 5.92 Å². The Morgan fingerprint density at radius 3 is 3.15 bits per heavy atom. The van der Waals surface area contributed by atoms with Crippen molar-refractivity contribution in [1.29, 1.82) is 0 Å². The van der Waals surface area contributed by atoms with Crippen LogP contribution in [0.15, 0.2) is 18.2 Å².